The van der Waals surface area contributed by atoms with Gasteiger partial charge in [0.15, 0.2) is 0 Å². The monoisotopic (exact) mass is 221 g/mol. The van der Waals surface area contributed by atoms with Gasteiger partial charge in [-0.3, -0.25) is 0 Å². The fraction of sp³-hybridized carbons (Fsp3) is 0.769. The summed E-state index contributed by atoms with van der Waals surface area (Å²) in [6.07, 6.45) is 7.63. The second kappa shape index (κ2) is 5.00. The predicted molar refractivity (Wildman–Crippen MR) is 66.4 cm³/mol. The van der Waals surface area contributed by atoms with Crippen molar-refractivity contribution in [2.75, 3.05) is 0 Å². The molecule has 3 nitrogen and oxygen atoms in total. The van der Waals surface area contributed by atoms with Crippen LogP contribution in [0.3, 0.4) is 0 Å². The minimum absolute atomic E-state index is 0.507. The highest BCUT2D eigenvalue weighted by Crippen LogP contribution is 2.18. The molecule has 1 aromatic rings. The highest BCUT2D eigenvalue weighted by atomic mass is 15.1. The van der Waals surface area contributed by atoms with Crippen molar-refractivity contribution in [1.29, 1.82) is 0 Å². The smallest absolute Gasteiger partial charge is 0.106 e. The normalized spacial score (nSPS) is 17.5. The van der Waals surface area contributed by atoms with E-state index < -0.39 is 0 Å². The van der Waals surface area contributed by atoms with E-state index in [9.17, 15) is 0 Å². The van der Waals surface area contributed by atoms with E-state index in [0.717, 1.165) is 18.4 Å². The van der Waals surface area contributed by atoms with Crippen LogP contribution in [0.15, 0.2) is 6.20 Å². The lowest BCUT2D eigenvalue weighted by atomic mass is 10.2. The Morgan fingerprint density at radius 3 is 2.69 bits per heavy atom. The molecule has 3 heteroatoms. The van der Waals surface area contributed by atoms with E-state index in [1.165, 1.54) is 31.4 Å². The molecule has 1 heterocycles. The first-order chi connectivity index (χ1) is 7.66. The molecule has 0 aliphatic heterocycles. The Labute approximate surface area is 98.3 Å². The van der Waals surface area contributed by atoms with Crippen molar-refractivity contribution in [3.63, 3.8) is 0 Å². The average Bonchev–Trinajstić information content (AvgIpc) is 2.83. The molecule has 0 bridgehead atoms. The lowest BCUT2D eigenvalue weighted by Crippen LogP contribution is -2.25. The zero-order valence-corrected chi connectivity index (χ0v) is 10.7. The van der Waals surface area contributed by atoms with Crippen molar-refractivity contribution in [3.05, 3.63) is 17.7 Å². The van der Waals surface area contributed by atoms with Crippen molar-refractivity contribution in [3.8, 4) is 0 Å². The molecule has 0 amide bonds. The van der Waals surface area contributed by atoms with E-state index in [1.54, 1.807) is 0 Å². The summed E-state index contributed by atoms with van der Waals surface area (Å²) in [6.45, 7) is 7.40. The van der Waals surface area contributed by atoms with Crippen LogP contribution in [-0.4, -0.2) is 15.6 Å². The number of nitrogens with zero attached hydrogens (tertiary/aromatic N) is 2. The molecule has 1 saturated carbocycles. The zero-order chi connectivity index (χ0) is 11.5. The number of hydrogen-bond acceptors (Lipinski definition) is 2. The van der Waals surface area contributed by atoms with E-state index in [1.807, 2.05) is 0 Å². The summed E-state index contributed by atoms with van der Waals surface area (Å²) in [5, 5.41) is 3.60. The lowest BCUT2D eigenvalue weighted by molar-refractivity contribution is 0.519. The van der Waals surface area contributed by atoms with Crippen LogP contribution in [0.5, 0.6) is 0 Å². The molecule has 0 unspecified atom stereocenters. The highest BCUT2D eigenvalue weighted by Gasteiger charge is 2.14. The third kappa shape index (κ3) is 2.64. The molecule has 2 rings (SSSR count). The van der Waals surface area contributed by atoms with Gasteiger partial charge < -0.3 is 9.88 Å². The molecule has 1 N–H and O–H groups in total. The molecule has 0 atom stereocenters. The summed E-state index contributed by atoms with van der Waals surface area (Å²) in [4.78, 5) is 4.59. The van der Waals surface area contributed by atoms with E-state index in [4.69, 9.17) is 0 Å². The molecular formula is C13H23N3. The van der Waals surface area contributed by atoms with Crippen molar-refractivity contribution in [2.24, 2.45) is 0 Å². The van der Waals surface area contributed by atoms with E-state index in [-0.39, 0.29) is 0 Å². The van der Waals surface area contributed by atoms with Gasteiger partial charge in [0.25, 0.3) is 0 Å². The average molecular weight is 221 g/mol. The van der Waals surface area contributed by atoms with Gasteiger partial charge in [-0.25, -0.2) is 4.98 Å². The Balaban J connectivity index is 1.91. The largest absolute Gasteiger partial charge is 0.332 e. The molecule has 1 aliphatic rings. The van der Waals surface area contributed by atoms with Gasteiger partial charge in [-0.05, 0) is 33.6 Å². The minimum atomic E-state index is 0.507. The summed E-state index contributed by atoms with van der Waals surface area (Å²) < 4.78 is 2.24. The third-order valence-corrected chi connectivity index (χ3v) is 3.45. The van der Waals surface area contributed by atoms with Gasteiger partial charge in [0.05, 0.1) is 5.69 Å². The SMILES string of the molecule is Cc1nc(CNC2CCCC2)cn1C(C)C. The fourth-order valence-corrected chi connectivity index (χ4v) is 2.54. The summed E-state index contributed by atoms with van der Waals surface area (Å²) >= 11 is 0. The van der Waals surface area contributed by atoms with Gasteiger partial charge in [0.2, 0.25) is 0 Å². The Bertz CT molecular complexity index is 335. The molecule has 1 fully saturated rings. The van der Waals surface area contributed by atoms with Crippen molar-refractivity contribution in [2.45, 2.75) is 65.1 Å². The number of nitrogens with one attached hydrogen (secondary N) is 1. The molecular weight excluding hydrogens is 198 g/mol. The molecule has 1 aliphatic carbocycles. The topological polar surface area (TPSA) is 29.9 Å². The summed E-state index contributed by atoms with van der Waals surface area (Å²) in [5.74, 6) is 1.12. The van der Waals surface area contributed by atoms with E-state index in [0.29, 0.717) is 6.04 Å². The van der Waals surface area contributed by atoms with Gasteiger partial charge >= 0.3 is 0 Å². The fourth-order valence-electron chi connectivity index (χ4n) is 2.54. The zero-order valence-electron chi connectivity index (χ0n) is 10.7. The molecule has 16 heavy (non-hydrogen) atoms. The van der Waals surface area contributed by atoms with Crippen LogP contribution in [-0.2, 0) is 6.54 Å². The van der Waals surface area contributed by atoms with Gasteiger partial charge in [0.1, 0.15) is 5.82 Å². The number of aromatic nitrogens is 2. The Kier molecular flexibility index (Phi) is 3.64. The van der Waals surface area contributed by atoms with Gasteiger partial charge in [0, 0.05) is 24.8 Å². The maximum Gasteiger partial charge on any atom is 0.106 e. The van der Waals surface area contributed by atoms with Crippen molar-refractivity contribution < 1.29 is 0 Å². The van der Waals surface area contributed by atoms with Crippen LogP contribution >= 0.6 is 0 Å². The number of hydrogen-bond donors (Lipinski definition) is 1. The van der Waals surface area contributed by atoms with Crippen molar-refractivity contribution >= 4 is 0 Å². The number of imidazole rings is 1. The molecule has 0 spiro atoms. The first-order valence-electron chi connectivity index (χ1n) is 6.44. The second-order valence-electron chi connectivity index (χ2n) is 5.14. The molecule has 0 saturated heterocycles. The maximum absolute atomic E-state index is 4.59. The number of rotatable bonds is 4. The predicted octanol–water partition coefficient (Wildman–Crippen LogP) is 2.80. The lowest BCUT2D eigenvalue weighted by Gasteiger charge is -2.10. The van der Waals surface area contributed by atoms with E-state index >= 15 is 0 Å². The van der Waals surface area contributed by atoms with Crippen LogP contribution in [0, 0.1) is 6.92 Å². The maximum atomic E-state index is 4.59. The summed E-state index contributed by atoms with van der Waals surface area (Å²) in [7, 11) is 0. The standard InChI is InChI=1S/C13H23N3/c1-10(2)16-9-13(15-11(16)3)8-14-12-6-4-5-7-12/h9-10,12,14H,4-8H2,1-3H3. The highest BCUT2D eigenvalue weighted by molar-refractivity contribution is 5.04. The van der Waals surface area contributed by atoms with Crippen molar-refractivity contribution in [1.82, 2.24) is 14.9 Å². The van der Waals surface area contributed by atoms with Gasteiger partial charge in [-0.15, -0.1) is 0 Å². The van der Waals surface area contributed by atoms with Crippen LogP contribution in [0.4, 0.5) is 0 Å². The first-order valence-corrected chi connectivity index (χ1v) is 6.44. The van der Waals surface area contributed by atoms with Crippen LogP contribution in [0.25, 0.3) is 0 Å². The Morgan fingerprint density at radius 1 is 1.44 bits per heavy atom. The van der Waals surface area contributed by atoms with Crippen LogP contribution in [0.2, 0.25) is 0 Å². The molecule has 0 radical (unpaired) electrons. The Morgan fingerprint density at radius 2 is 2.12 bits per heavy atom. The first kappa shape index (κ1) is 11.6. The Hall–Kier alpha value is -0.830. The van der Waals surface area contributed by atoms with E-state index in [2.05, 4.69) is 41.8 Å². The molecule has 0 aromatic carbocycles. The second-order valence-corrected chi connectivity index (χ2v) is 5.14. The molecule has 1 aromatic heterocycles. The quantitative estimate of drug-likeness (QED) is 0.847. The van der Waals surface area contributed by atoms with Gasteiger partial charge in [-0.2, -0.15) is 0 Å². The summed E-state index contributed by atoms with van der Waals surface area (Å²) in [5.41, 5.74) is 1.18. The van der Waals surface area contributed by atoms with Crippen LogP contribution < -0.4 is 5.32 Å². The third-order valence-electron chi connectivity index (χ3n) is 3.45. The number of aryl methyl sites for hydroxylation is 1. The minimum Gasteiger partial charge on any atom is -0.332 e. The summed E-state index contributed by atoms with van der Waals surface area (Å²) in [6, 6.07) is 1.23. The molecule has 90 valence electrons. The van der Waals surface area contributed by atoms with Gasteiger partial charge in [-0.1, -0.05) is 12.8 Å². The van der Waals surface area contributed by atoms with Crippen LogP contribution in [0.1, 0.15) is 57.1 Å².